The highest BCUT2D eigenvalue weighted by Crippen LogP contribution is 2.28. The highest BCUT2D eigenvalue weighted by Gasteiger charge is 2.24. The van der Waals surface area contributed by atoms with E-state index in [1.54, 1.807) is 32.4 Å². The van der Waals surface area contributed by atoms with Crippen LogP contribution in [0, 0.1) is 0 Å². The number of imidazole rings is 1. The second-order valence-corrected chi connectivity index (χ2v) is 5.86. The fraction of sp³-hybridized carbons (Fsp3) is 0.444. The van der Waals surface area contributed by atoms with Crippen molar-refractivity contribution in [3.05, 3.63) is 36.2 Å². The molecule has 1 aromatic heterocycles. The number of carbonyl (C=O) groups is 1. The first-order valence-electron chi connectivity index (χ1n) is 8.45. The number of piperazine rings is 1. The van der Waals surface area contributed by atoms with Gasteiger partial charge in [0.15, 0.2) is 11.5 Å². The summed E-state index contributed by atoms with van der Waals surface area (Å²) in [6, 6.07) is 5.28. The number of nitrogens with zero attached hydrogens (tertiary/aromatic N) is 4. The van der Waals surface area contributed by atoms with Crippen LogP contribution in [0.4, 0.5) is 5.95 Å². The van der Waals surface area contributed by atoms with Crippen LogP contribution in [0.2, 0.25) is 0 Å². The lowest BCUT2D eigenvalue weighted by Crippen LogP contribution is -2.49. The number of rotatable bonds is 5. The van der Waals surface area contributed by atoms with Crippen molar-refractivity contribution in [1.82, 2.24) is 14.5 Å². The van der Waals surface area contributed by atoms with Gasteiger partial charge in [-0.15, -0.1) is 0 Å². The van der Waals surface area contributed by atoms with Crippen molar-refractivity contribution in [3.63, 3.8) is 0 Å². The number of hydrogen-bond donors (Lipinski definition) is 0. The van der Waals surface area contributed by atoms with Gasteiger partial charge in [0.1, 0.15) is 0 Å². The highest BCUT2D eigenvalue weighted by molar-refractivity contribution is 5.95. The van der Waals surface area contributed by atoms with E-state index in [9.17, 15) is 4.79 Å². The topological polar surface area (TPSA) is 59.8 Å². The van der Waals surface area contributed by atoms with Crippen molar-refractivity contribution < 1.29 is 14.3 Å². The van der Waals surface area contributed by atoms with Gasteiger partial charge in [-0.25, -0.2) is 4.98 Å². The Labute approximate surface area is 147 Å². The summed E-state index contributed by atoms with van der Waals surface area (Å²) in [7, 11) is 3.15. The van der Waals surface area contributed by atoms with Gasteiger partial charge in [-0.1, -0.05) is 0 Å². The normalized spacial score (nSPS) is 14.5. The molecule has 1 amide bonds. The fourth-order valence-electron chi connectivity index (χ4n) is 3.09. The molecule has 25 heavy (non-hydrogen) atoms. The quantitative estimate of drug-likeness (QED) is 0.829. The molecule has 1 aliphatic heterocycles. The number of ether oxygens (including phenoxy) is 2. The molecule has 2 aromatic rings. The van der Waals surface area contributed by atoms with E-state index in [1.165, 1.54) is 0 Å². The maximum absolute atomic E-state index is 12.8. The van der Waals surface area contributed by atoms with Crippen molar-refractivity contribution in [2.24, 2.45) is 0 Å². The largest absolute Gasteiger partial charge is 0.493 e. The molecule has 0 saturated carbocycles. The van der Waals surface area contributed by atoms with Gasteiger partial charge in [0, 0.05) is 50.7 Å². The van der Waals surface area contributed by atoms with Gasteiger partial charge < -0.3 is 23.8 Å². The van der Waals surface area contributed by atoms with Crippen molar-refractivity contribution in [1.29, 1.82) is 0 Å². The van der Waals surface area contributed by atoms with Crippen molar-refractivity contribution >= 4 is 11.9 Å². The van der Waals surface area contributed by atoms with Gasteiger partial charge in [0.25, 0.3) is 5.91 Å². The number of carbonyl (C=O) groups excluding carboxylic acids is 1. The van der Waals surface area contributed by atoms with Crippen molar-refractivity contribution in [3.8, 4) is 11.5 Å². The molecule has 1 saturated heterocycles. The first-order valence-corrected chi connectivity index (χ1v) is 8.45. The zero-order valence-corrected chi connectivity index (χ0v) is 14.9. The van der Waals surface area contributed by atoms with Crippen LogP contribution >= 0.6 is 0 Å². The third kappa shape index (κ3) is 3.40. The molecular formula is C18H24N4O3. The Morgan fingerprint density at radius 2 is 1.84 bits per heavy atom. The Balaban J connectivity index is 1.67. The number of amides is 1. The number of aryl methyl sites for hydroxylation is 1. The van der Waals surface area contributed by atoms with E-state index in [1.807, 2.05) is 17.3 Å². The van der Waals surface area contributed by atoms with Gasteiger partial charge in [-0.05, 0) is 25.1 Å². The van der Waals surface area contributed by atoms with E-state index >= 15 is 0 Å². The Bertz CT molecular complexity index is 736. The van der Waals surface area contributed by atoms with Gasteiger partial charge in [-0.2, -0.15) is 0 Å². The van der Waals surface area contributed by atoms with Crippen LogP contribution in [0.3, 0.4) is 0 Å². The highest BCUT2D eigenvalue weighted by atomic mass is 16.5. The van der Waals surface area contributed by atoms with E-state index in [0.29, 0.717) is 30.2 Å². The van der Waals surface area contributed by atoms with Crippen LogP contribution < -0.4 is 14.4 Å². The number of aromatic nitrogens is 2. The Morgan fingerprint density at radius 3 is 2.48 bits per heavy atom. The molecule has 3 rings (SSSR count). The van der Waals surface area contributed by atoms with Crippen molar-refractivity contribution in [2.45, 2.75) is 13.5 Å². The first kappa shape index (κ1) is 17.1. The zero-order valence-electron chi connectivity index (χ0n) is 14.9. The van der Waals surface area contributed by atoms with E-state index in [0.717, 1.165) is 25.6 Å². The predicted octanol–water partition coefficient (Wildman–Crippen LogP) is 1.88. The Hall–Kier alpha value is -2.70. The summed E-state index contributed by atoms with van der Waals surface area (Å²) in [5.74, 6) is 2.17. The SMILES string of the molecule is CCn1ccnc1N1CCN(C(=O)c2ccc(OC)c(OC)c2)CC1. The summed E-state index contributed by atoms with van der Waals surface area (Å²) in [4.78, 5) is 21.3. The minimum atomic E-state index is 0.0134. The van der Waals surface area contributed by atoms with Crippen LogP contribution in [-0.4, -0.2) is 60.8 Å². The lowest BCUT2D eigenvalue weighted by Gasteiger charge is -2.35. The molecule has 1 fully saturated rings. The summed E-state index contributed by atoms with van der Waals surface area (Å²) in [6.07, 6.45) is 3.80. The smallest absolute Gasteiger partial charge is 0.254 e. The summed E-state index contributed by atoms with van der Waals surface area (Å²) < 4.78 is 12.6. The van der Waals surface area contributed by atoms with E-state index in [2.05, 4.69) is 21.4 Å². The van der Waals surface area contributed by atoms with Gasteiger partial charge in [-0.3, -0.25) is 4.79 Å². The van der Waals surface area contributed by atoms with E-state index in [4.69, 9.17) is 9.47 Å². The van der Waals surface area contributed by atoms with Gasteiger partial charge in [0.05, 0.1) is 14.2 Å². The monoisotopic (exact) mass is 344 g/mol. The summed E-state index contributed by atoms with van der Waals surface area (Å²) in [5, 5.41) is 0. The number of benzene rings is 1. The third-order valence-electron chi connectivity index (χ3n) is 4.51. The molecule has 0 radical (unpaired) electrons. The lowest BCUT2D eigenvalue weighted by atomic mass is 10.1. The Morgan fingerprint density at radius 1 is 1.12 bits per heavy atom. The average Bonchev–Trinajstić information content (AvgIpc) is 3.15. The number of anilines is 1. The van der Waals surface area contributed by atoms with Gasteiger partial charge >= 0.3 is 0 Å². The minimum absolute atomic E-state index is 0.0134. The molecule has 1 aliphatic rings. The maximum Gasteiger partial charge on any atom is 0.254 e. The third-order valence-corrected chi connectivity index (χ3v) is 4.51. The van der Waals surface area contributed by atoms with Crippen molar-refractivity contribution in [2.75, 3.05) is 45.3 Å². The maximum atomic E-state index is 12.8. The standard InChI is InChI=1S/C18H24N4O3/c1-4-20-8-7-19-18(20)22-11-9-21(10-12-22)17(23)14-5-6-15(24-2)16(13-14)25-3/h5-8,13H,4,9-12H2,1-3H3. The average molecular weight is 344 g/mol. The minimum Gasteiger partial charge on any atom is -0.493 e. The number of hydrogen-bond acceptors (Lipinski definition) is 5. The molecule has 7 nitrogen and oxygen atoms in total. The van der Waals surface area contributed by atoms with E-state index in [-0.39, 0.29) is 5.91 Å². The lowest BCUT2D eigenvalue weighted by molar-refractivity contribution is 0.0745. The van der Waals surface area contributed by atoms with E-state index < -0.39 is 0 Å². The van der Waals surface area contributed by atoms with Gasteiger partial charge in [0.2, 0.25) is 5.95 Å². The Kier molecular flexibility index (Phi) is 5.11. The fourth-order valence-corrected chi connectivity index (χ4v) is 3.09. The molecule has 0 atom stereocenters. The van der Waals surface area contributed by atoms with Crippen LogP contribution in [0.25, 0.3) is 0 Å². The van der Waals surface area contributed by atoms with Crippen LogP contribution in [0.15, 0.2) is 30.6 Å². The summed E-state index contributed by atoms with van der Waals surface area (Å²) >= 11 is 0. The first-order chi connectivity index (χ1) is 12.2. The molecule has 0 bridgehead atoms. The van der Waals surface area contributed by atoms with Crippen LogP contribution in [0.5, 0.6) is 11.5 Å². The molecule has 0 spiro atoms. The molecule has 0 N–H and O–H groups in total. The van der Waals surface area contributed by atoms with Crippen LogP contribution in [-0.2, 0) is 6.54 Å². The molecule has 0 aliphatic carbocycles. The summed E-state index contributed by atoms with van der Waals surface area (Å²) in [5.41, 5.74) is 0.612. The molecule has 7 heteroatoms. The van der Waals surface area contributed by atoms with Crippen LogP contribution in [0.1, 0.15) is 17.3 Å². The second kappa shape index (κ2) is 7.46. The zero-order chi connectivity index (χ0) is 17.8. The molecule has 0 unspecified atom stereocenters. The number of methoxy groups -OCH3 is 2. The molecule has 1 aromatic carbocycles. The summed E-state index contributed by atoms with van der Waals surface area (Å²) in [6.45, 7) is 5.88. The molecule has 2 heterocycles. The second-order valence-electron chi connectivity index (χ2n) is 5.86. The predicted molar refractivity (Wildman–Crippen MR) is 95.6 cm³/mol. The molecule has 134 valence electrons. The molecular weight excluding hydrogens is 320 g/mol.